The molecular formula is C13H19N5OS. The lowest BCUT2D eigenvalue weighted by molar-refractivity contribution is 0.312. The van der Waals surface area contributed by atoms with Gasteiger partial charge in [-0.3, -0.25) is 0 Å². The Balaban J connectivity index is 2.09. The van der Waals surface area contributed by atoms with E-state index in [2.05, 4.69) is 45.5 Å². The summed E-state index contributed by atoms with van der Waals surface area (Å²) >= 11 is 1.78. The highest BCUT2D eigenvalue weighted by atomic mass is 32.1. The predicted octanol–water partition coefficient (Wildman–Crippen LogP) is 2.60. The van der Waals surface area contributed by atoms with Gasteiger partial charge in [-0.05, 0) is 32.4 Å². The van der Waals surface area contributed by atoms with Crippen molar-refractivity contribution in [2.24, 2.45) is 0 Å². The minimum atomic E-state index is 0.327. The van der Waals surface area contributed by atoms with Crippen LogP contribution >= 0.6 is 11.3 Å². The topological polar surface area (TPSA) is 72.0 Å². The van der Waals surface area contributed by atoms with Gasteiger partial charge in [0.1, 0.15) is 0 Å². The molecule has 2 rings (SSSR count). The number of hydrogen-bond donors (Lipinski definition) is 2. The maximum atomic E-state index is 5.32. The summed E-state index contributed by atoms with van der Waals surface area (Å²) in [7, 11) is 1.76. The molecule has 7 heteroatoms. The molecule has 2 aromatic heterocycles. The van der Waals surface area contributed by atoms with Crippen molar-refractivity contribution in [2.75, 3.05) is 24.3 Å². The lowest BCUT2D eigenvalue weighted by Crippen LogP contribution is -2.08. The highest BCUT2D eigenvalue weighted by molar-refractivity contribution is 7.12. The summed E-state index contributed by atoms with van der Waals surface area (Å²) in [5, 5.41) is 6.10. The van der Waals surface area contributed by atoms with E-state index in [1.807, 2.05) is 6.92 Å². The van der Waals surface area contributed by atoms with Crippen LogP contribution in [0, 0.1) is 13.8 Å². The van der Waals surface area contributed by atoms with Gasteiger partial charge in [-0.1, -0.05) is 0 Å². The van der Waals surface area contributed by atoms with Crippen molar-refractivity contribution >= 4 is 23.2 Å². The molecule has 6 nitrogen and oxygen atoms in total. The number of anilines is 2. The van der Waals surface area contributed by atoms with Gasteiger partial charge in [0.05, 0.1) is 13.2 Å². The fraction of sp³-hybridized carbons (Fsp3) is 0.462. The molecule has 2 N–H and O–H groups in total. The van der Waals surface area contributed by atoms with Crippen molar-refractivity contribution in [3.8, 4) is 6.01 Å². The average molecular weight is 293 g/mol. The fourth-order valence-electron chi connectivity index (χ4n) is 1.64. The van der Waals surface area contributed by atoms with E-state index < -0.39 is 0 Å². The first-order valence-electron chi connectivity index (χ1n) is 6.48. The van der Waals surface area contributed by atoms with Crippen molar-refractivity contribution in [3.05, 3.63) is 21.4 Å². The minimum Gasteiger partial charge on any atom is -0.464 e. The van der Waals surface area contributed by atoms with Gasteiger partial charge in [-0.25, -0.2) is 0 Å². The van der Waals surface area contributed by atoms with Crippen LogP contribution in [0.2, 0.25) is 0 Å². The largest absolute Gasteiger partial charge is 0.464 e. The highest BCUT2D eigenvalue weighted by Gasteiger charge is 2.07. The van der Waals surface area contributed by atoms with E-state index in [1.54, 1.807) is 18.4 Å². The van der Waals surface area contributed by atoms with Crippen molar-refractivity contribution in [1.82, 2.24) is 15.0 Å². The van der Waals surface area contributed by atoms with Crippen molar-refractivity contribution in [2.45, 2.75) is 27.3 Å². The first-order chi connectivity index (χ1) is 9.62. The summed E-state index contributed by atoms with van der Waals surface area (Å²) in [6.45, 7) is 7.35. The Hall–Kier alpha value is -1.89. The van der Waals surface area contributed by atoms with Gasteiger partial charge < -0.3 is 15.4 Å². The third-order valence-corrected chi connectivity index (χ3v) is 3.90. The molecule has 0 atom stereocenters. The molecule has 0 amide bonds. The van der Waals surface area contributed by atoms with Crippen molar-refractivity contribution in [1.29, 1.82) is 0 Å². The number of rotatable bonds is 6. The summed E-state index contributed by atoms with van der Waals surface area (Å²) in [5.41, 5.74) is 1.31. The quantitative estimate of drug-likeness (QED) is 0.853. The van der Waals surface area contributed by atoms with Crippen LogP contribution in [0.15, 0.2) is 6.07 Å². The second kappa shape index (κ2) is 6.51. The molecule has 0 aliphatic heterocycles. The van der Waals surface area contributed by atoms with Crippen molar-refractivity contribution in [3.63, 3.8) is 0 Å². The summed E-state index contributed by atoms with van der Waals surface area (Å²) in [4.78, 5) is 15.2. The predicted molar refractivity (Wildman–Crippen MR) is 81.7 cm³/mol. The van der Waals surface area contributed by atoms with E-state index in [0.29, 0.717) is 31.1 Å². The van der Waals surface area contributed by atoms with Crippen molar-refractivity contribution < 1.29 is 4.74 Å². The molecule has 0 aliphatic rings. The zero-order valence-electron chi connectivity index (χ0n) is 12.1. The van der Waals surface area contributed by atoms with E-state index in [1.165, 1.54) is 15.3 Å². The molecular weight excluding hydrogens is 274 g/mol. The average Bonchev–Trinajstić information content (AvgIpc) is 2.76. The summed E-state index contributed by atoms with van der Waals surface area (Å²) in [5.74, 6) is 1.00. The molecule has 0 fully saturated rings. The number of ether oxygens (including phenoxy) is 1. The maximum absolute atomic E-state index is 5.32. The first-order valence-corrected chi connectivity index (χ1v) is 7.30. The summed E-state index contributed by atoms with van der Waals surface area (Å²) in [6, 6.07) is 2.50. The molecule has 0 saturated carbocycles. The molecule has 20 heavy (non-hydrogen) atoms. The lowest BCUT2D eigenvalue weighted by Gasteiger charge is -2.07. The smallest absolute Gasteiger partial charge is 0.323 e. The monoisotopic (exact) mass is 293 g/mol. The Bertz CT molecular complexity index is 565. The third kappa shape index (κ3) is 3.57. The number of thiophene rings is 1. The SMILES string of the molecule is CCOc1nc(NC)nc(NCc2cc(C)c(C)s2)n1. The summed E-state index contributed by atoms with van der Waals surface area (Å²) < 4.78 is 5.32. The number of hydrogen-bond acceptors (Lipinski definition) is 7. The number of aromatic nitrogens is 3. The maximum Gasteiger partial charge on any atom is 0.323 e. The molecule has 108 valence electrons. The fourth-order valence-corrected chi connectivity index (χ4v) is 2.64. The molecule has 0 unspecified atom stereocenters. The van der Waals surface area contributed by atoms with Gasteiger partial charge in [0.15, 0.2) is 0 Å². The molecule has 0 saturated heterocycles. The van der Waals surface area contributed by atoms with Gasteiger partial charge in [0, 0.05) is 16.8 Å². The molecule has 0 radical (unpaired) electrons. The van der Waals surface area contributed by atoms with Crippen LogP contribution in [0.3, 0.4) is 0 Å². The van der Waals surface area contributed by atoms with Crippen LogP contribution in [0.25, 0.3) is 0 Å². The highest BCUT2D eigenvalue weighted by Crippen LogP contribution is 2.21. The third-order valence-electron chi connectivity index (χ3n) is 2.75. The molecule has 2 aromatic rings. The van der Waals surface area contributed by atoms with Crippen LogP contribution in [0.1, 0.15) is 22.2 Å². The van der Waals surface area contributed by atoms with E-state index >= 15 is 0 Å². The van der Waals surface area contributed by atoms with Gasteiger partial charge in [0.25, 0.3) is 0 Å². The Morgan fingerprint density at radius 2 is 1.95 bits per heavy atom. The normalized spacial score (nSPS) is 10.4. The standard InChI is InChI=1S/C13H19N5OS/c1-5-19-13-17-11(14-4)16-12(18-13)15-7-10-6-8(2)9(3)20-10/h6H,5,7H2,1-4H3,(H2,14,15,16,17,18). The number of nitrogens with one attached hydrogen (secondary N) is 2. The second-order valence-electron chi connectivity index (χ2n) is 4.25. The van der Waals surface area contributed by atoms with Crippen LogP contribution in [0.5, 0.6) is 6.01 Å². The van der Waals surface area contributed by atoms with Crippen LogP contribution in [-0.4, -0.2) is 28.6 Å². The van der Waals surface area contributed by atoms with Crippen LogP contribution in [0.4, 0.5) is 11.9 Å². The van der Waals surface area contributed by atoms with Gasteiger partial charge in [-0.15, -0.1) is 11.3 Å². The van der Waals surface area contributed by atoms with E-state index in [9.17, 15) is 0 Å². The van der Waals surface area contributed by atoms with E-state index in [-0.39, 0.29) is 0 Å². The molecule has 2 heterocycles. The second-order valence-corrected chi connectivity index (χ2v) is 5.59. The Kier molecular flexibility index (Phi) is 4.73. The Morgan fingerprint density at radius 1 is 1.20 bits per heavy atom. The van der Waals surface area contributed by atoms with Gasteiger partial charge in [-0.2, -0.15) is 15.0 Å². The molecule has 0 aliphatic carbocycles. The zero-order valence-corrected chi connectivity index (χ0v) is 13.0. The minimum absolute atomic E-state index is 0.327. The first kappa shape index (κ1) is 14.5. The Labute approximate surface area is 122 Å². The van der Waals surface area contributed by atoms with Crippen LogP contribution in [-0.2, 0) is 6.54 Å². The van der Waals surface area contributed by atoms with E-state index in [0.717, 1.165) is 0 Å². The van der Waals surface area contributed by atoms with Gasteiger partial charge in [0.2, 0.25) is 11.9 Å². The van der Waals surface area contributed by atoms with Gasteiger partial charge >= 0.3 is 6.01 Å². The number of aryl methyl sites for hydroxylation is 2. The Morgan fingerprint density at radius 3 is 2.55 bits per heavy atom. The molecule has 0 bridgehead atoms. The van der Waals surface area contributed by atoms with E-state index in [4.69, 9.17) is 4.74 Å². The molecule has 0 aromatic carbocycles. The summed E-state index contributed by atoms with van der Waals surface area (Å²) in [6.07, 6.45) is 0. The molecule has 0 spiro atoms. The number of nitrogens with zero attached hydrogens (tertiary/aromatic N) is 3. The van der Waals surface area contributed by atoms with Crippen LogP contribution < -0.4 is 15.4 Å². The lowest BCUT2D eigenvalue weighted by atomic mass is 10.3. The zero-order chi connectivity index (χ0) is 14.5.